The van der Waals surface area contributed by atoms with Crippen molar-refractivity contribution >= 4 is 0 Å². The van der Waals surface area contributed by atoms with Crippen LogP contribution in [0.15, 0.2) is 0 Å². The van der Waals surface area contributed by atoms with Gasteiger partial charge in [0.1, 0.15) is 0 Å². The van der Waals surface area contributed by atoms with Gasteiger partial charge in [-0.1, -0.05) is 25.7 Å². The molecule has 2 nitrogen and oxygen atoms in total. The van der Waals surface area contributed by atoms with E-state index in [0.717, 1.165) is 19.0 Å². The minimum absolute atomic E-state index is 0.0598. The molecule has 2 heteroatoms. The van der Waals surface area contributed by atoms with Gasteiger partial charge in [-0.2, -0.15) is 0 Å². The summed E-state index contributed by atoms with van der Waals surface area (Å²) in [6.07, 6.45) is 7.15. The molecule has 0 atom stereocenters. The highest BCUT2D eigenvalue weighted by atomic mass is 14.9. The van der Waals surface area contributed by atoms with Crippen LogP contribution in [0.2, 0.25) is 0 Å². The second-order valence-electron chi connectivity index (χ2n) is 5.10. The molecule has 0 aromatic rings. The fraction of sp³-hybridized carbons (Fsp3) is 1.00. The molecule has 0 spiro atoms. The van der Waals surface area contributed by atoms with E-state index in [9.17, 15) is 0 Å². The molecular formula is C11H24N2. The summed E-state index contributed by atoms with van der Waals surface area (Å²) in [6, 6.07) is 0. The molecule has 0 saturated heterocycles. The molecule has 0 aromatic carbocycles. The SMILES string of the molecule is CC(C)(N)CNCCC1CCCC1. The number of nitrogens with two attached hydrogens (primary N) is 1. The lowest BCUT2D eigenvalue weighted by atomic mass is 10.0. The Bertz CT molecular complexity index is 132. The van der Waals surface area contributed by atoms with Gasteiger partial charge in [-0.15, -0.1) is 0 Å². The third kappa shape index (κ3) is 5.27. The third-order valence-electron chi connectivity index (χ3n) is 2.78. The average Bonchev–Trinajstić information content (AvgIpc) is 2.48. The topological polar surface area (TPSA) is 38.0 Å². The molecule has 0 heterocycles. The first-order valence-corrected chi connectivity index (χ1v) is 5.57. The Hall–Kier alpha value is -0.0800. The van der Waals surface area contributed by atoms with Crippen molar-refractivity contribution in [1.82, 2.24) is 5.32 Å². The lowest BCUT2D eigenvalue weighted by molar-refractivity contribution is 0.428. The van der Waals surface area contributed by atoms with E-state index >= 15 is 0 Å². The normalized spacial score (nSPS) is 19.6. The Morgan fingerprint density at radius 1 is 1.31 bits per heavy atom. The summed E-state index contributed by atoms with van der Waals surface area (Å²) >= 11 is 0. The quantitative estimate of drug-likeness (QED) is 0.640. The van der Waals surface area contributed by atoms with Gasteiger partial charge in [0, 0.05) is 12.1 Å². The Balaban J connectivity index is 1.94. The Kier molecular flexibility index (Phi) is 4.20. The third-order valence-corrected chi connectivity index (χ3v) is 2.78. The van der Waals surface area contributed by atoms with Crippen LogP contribution in [0.3, 0.4) is 0 Å². The van der Waals surface area contributed by atoms with Crippen LogP contribution < -0.4 is 11.1 Å². The van der Waals surface area contributed by atoms with Gasteiger partial charge in [0.05, 0.1) is 0 Å². The number of hydrogen-bond acceptors (Lipinski definition) is 2. The Labute approximate surface area is 82.3 Å². The molecule has 0 aliphatic heterocycles. The predicted octanol–water partition coefficient (Wildman–Crippen LogP) is 1.89. The zero-order valence-corrected chi connectivity index (χ0v) is 9.10. The number of rotatable bonds is 5. The average molecular weight is 184 g/mol. The molecular weight excluding hydrogens is 160 g/mol. The first-order valence-electron chi connectivity index (χ1n) is 5.57. The number of hydrogen-bond donors (Lipinski definition) is 2. The summed E-state index contributed by atoms with van der Waals surface area (Å²) in [5, 5.41) is 3.43. The lowest BCUT2D eigenvalue weighted by Gasteiger charge is -2.19. The number of nitrogens with one attached hydrogen (secondary N) is 1. The second kappa shape index (κ2) is 4.97. The van der Waals surface area contributed by atoms with Crippen molar-refractivity contribution in [2.75, 3.05) is 13.1 Å². The van der Waals surface area contributed by atoms with Crippen molar-refractivity contribution in [1.29, 1.82) is 0 Å². The minimum atomic E-state index is -0.0598. The van der Waals surface area contributed by atoms with Crippen LogP contribution in [-0.2, 0) is 0 Å². The summed E-state index contributed by atoms with van der Waals surface area (Å²) < 4.78 is 0. The maximum Gasteiger partial charge on any atom is 0.0223 e. The van der Waals surface area contributed by atoms with Gasteiger partial charge in [-0.05, 0) is 32.7 Å². The van der Waals surface area contributed by atoms with E-state index < -0.39 is 0 Å². The molecule has 0 unspecified atom stereocenters. The fourth-order valence-corrected chi connectivity index (χ4v) is 2.02. The fourth-order valence-electron chi connectivity index (χ4n) is 2.02. The van der Waals surface area contributed by atoms with E-state index in [1.807, 2.05) is 0 Å². The standard InChI is InChI=1S/C11H24N2/c1-11(2,12)9-13-8-7-10-5-3-4-6-10/h10,13H,3-9,12H2,1-2H3. The van der Waals surface area contributed by atoms with Crippen molar-refractivity contribution in [2.45, 2.75) is 51.5 Å². The molecule has 1 fully saturated rings. The van der Waals surface area contributed by atoms with Gasteiger partial charge in [0.2, 0.25) is 0 Å². The van der Waals surface area contributed by atoms with Crippen molar-refractivity contribution in [3.05, 3.63) is 0 Å². The Morgan fingerprint density at radius 2 is 1.92 bits per heavy atom. The smallest absolute Gasteiger partial charge is 0.0223 e. The van der Waals surface area contributed by atoms with E-state index in [4.69, 9.17) is 5.73 Å². The van der Waals surface area contributed by atoms with Crippen LogP contribution in [0, 0.1) is 5.92 Å². The molecule has 1 aliphatic rings. The summed E-state index contributed by atoms with van der Waals surface area (Å²) in [5.74, 6) is 0.994. The van der Waals surface area contributed by atoms with Crippen molar-refractivity contribution in [2.24, 2.45) is 11.7 Å². The van der Waals surface area contributed by atoms with Crippen LogP contribution >= 0.6 is 0 Å². The maximum atomic E-state index is 5.87. The maximum absolute atomic E-state index is 5.87. The van der Waals surface area contributed by atoms with Gasteiger partial charge in [0.15, 0.2) is 0 Å². The Morgan fingerprint density at radius 3 is 2.46 bits per heavy atom. The summed E-state index contributed by atoms with van der Waals surface area (Å²) in [5.41, 5.74) is 5.81. The molecule has 13 heavy (non-hydrogen) atoms. The van der Waals surface area contributed by atoms with E-state index in [-0.39, 0.29) is 5.54 Å². The molecule has 0 bridgehead atoms. The van der Waals surface area contributed by atoms with Gasteiger partial charge in [-0.25, -0.2) is 0 Å². The minimum Gasteiger partial charge on any atom is -0.324 e. The first-order chi connectivity index (χ1) is 6.08. The lowest BCUT2D eigenvalue weighted by Crippen LogP contribution is -2.43. The molecule has 1 aliphatic carbocycles. The highest BCUT2D eigenvalue weighted by Crippen LogP contribution is 2.26. The van der Waals surface area contributed by atoms with Gasteiger partial charge in [-0.3, -0.25) is 0 Å². The van der Waals surface area contributed by atoms with Crippen LogP contribution in [0.5, 0.6) is 0 Å². The van der Waals surface area contributed by atoms with E-state index in [1.54, 1.807) is 0 Å². The van der Waals surface area contributed by atoms with Crippen LogP contribution in [0.4, 0.5) is 0 Å². The zero-order valence-electron chi connectivity index (χ0n) is 9.10. The second-order valence-corrected chi connectivity index (χ2v) is 5.10. The highest BCUT2D eigenvalue weighted by Gasteiger charge is 2.15. The molecule has 78 valence electrons. The van der Waals surface area contributed by atoms with Crippen LogP contribution in [0.1, 0.15) is 46.0 Å². The largest absolute Gasteiger partial charge is 0.324 e. The van der Waals surface area contributed by atoms with Crippen LogP contribution in [-0.4, -0.2) is 18.6 Å². The summed E-state index contributed by atoms with van der Waals surface area (Å²) in [4.78, 5) is 0. The van der Waals surface area contributed by atoms with E-state index in [2.05, 4.69) is 19.2 Å². The molecule has 3 N–H and O–H groups in total. The highest BCUT2D eigenvalue weighted by molar-refractivity contribution is 4.75. The van der Waals surface area contributed by atoms with Gasteiger partial charge in [0.25, 0.3) is 0 Å². The molecule has 1 saturated carbocycles. The van der Waals surface area contributed by atoms with E-state index in [0.29, 0.717) is 0 Å². The van der Waals surface area contributed by atoms with Crippen molar-refractivity contribution in [3.8, 4) is 0 Å². The van der Waals surface area contributed by atoms with Crippen LogP contribution in [0.25, 0.3) is 0 Å². The molecule has 0 amide bonds. The van der Waals surface area contributed by atoms with Crippen molar-refractivity contribution < 1.29 is 0 Å². The monoisotopic (exact) mass is 184 g/mol. The molecule has 1 rings (SSSR count). The summed E-state index contributed by atoms with van der Waals surface area (Å²) in [6.45, 7) is 6.20. The zero-order chi connectivity index (χ0) is 9.73. The summed E-state index contributed by atoms with van der Waals surface area (Å²) in [7, 11) is 0. The molecule has 0 radical (unpaired) electrons. The predicted molar refractivity (Wildman–Crippen MR) is 57.7 cm³/mol. The first kappa shape index (κ1) is 11.0. The van der Waals surface area contributed by atoms with Gasteiger partial charge < -0.3 is 11.1 Å². The molecule has 0 aromatic heterocycles. The van der Waals surface area contributed by atoms with E-state index in [1.165, 1.54) is 32.1 Å². The van der Waals surface area contributed by atoms with Gasteiger partial charge >= 0.3 is 0 Å². The van der Waals surface area contributed by atoms with Crippen molar-refractivity contribution in [3.63, 3.8) is 0 Å².